The molecule has 2 N–H and O–H groups in total. The Balaban J connectivity index is 2.90. The first-order valence-electron chi connectivity index (χ1n) is 4.65. The second kappa shape index (κ2) is 3.98. The largest absolute Gasteiger partial charge is 0.318 e. The van der Waals surface area contributed by atoms with Crippen LogP contribution in [0.3, 0.4) is 0 Å². The fourth-order valence-corrected chi connectivity index (χ4v) is 1.21. The Bertz CT molecular complexity index is 354. The first kappa shape index (κ1) is 11.7. The zero-order valence-corrected chi connectivity index (χ0v) is 9.12. The number of hydrogen-bond donors (Lipinski definition) is 1. The van der Waals surface area contributed by atoms with Crippen molar-refractivity contribution in [2.45, 2.75) is 19.4 Å². The van der Waals surface area contributed by atoms with Gasteiger partial charge in [0.1, 0.15) is 5.82 Å². The molecule has 0 aliphatic carbocycles. The molecule has 1 aromatic rings. The number of nitrogens with two attached hydrogens (primary N) is 1. The maximum atomic E-state index is 12.7. The van der Waals surface area contributed by atoms with E-state index in [9.17, 15) is 9.18 Å². The van der Waals surface area contributed by atoms with Crippen LogP contribution in [0, 0.1) is 5.82 Å². The number of rotatable bonds is 2. The van der Waals surface area contributed by atoms with Gasteiger partial charge in [0.15, 0.2) is 0 Å². The zero-order chi connectivity index (χ0) is 11.6. The van der Waals surface area contributed by atoms with Crippen molar-refractivity contribution in [3.8, 4) is 0 Å². The lowest BCUT2D eigenvalue weighted by atomic mass is 10.1. The lowest BCUT2D eigenvalue weighted by Gasteiger charge is -2.25. The van der Waals surface area contributed by atoms with Gasteiger partial charge >= 0.3 is 0 Å². The molecule has 0 saturated heterocycles. The number of anilines is 1. The van der Waals surface area contributed by atoms with Crippen molar-refractivity contribution in [3.63, 3.8) is 0 Å². The van der Waals surface area contributed by atoms with E-state index in [1.54, 1.807) is 33.0 Å². The van der Waals surface area contributed by atoms with Gasteiger partial charge in [0.2, 0.25) is 5.91 Å². The monoisotopic (exact) mass is 210 g/mol. The minimum atomic E-state index is -0.927. The number of benzene rings is 1. The third kappa shape index (κ3) is 2.76. The molecule has 0 bridgehead atoms. The highest BCUT2D eigenvalue weighted by Gasteiger charge is 2.26. The summed E-state index contributed by atoms with van der Waals surface area (Å²) >= 11 is 0. The summed E-state index contributed by atoms with van der Waals surface area (Å²) in [5.41, 5.74) is 5.38. The van der Waals surface area contributed by atoms with Crippen molar-refractivity contribution in [2.75, 3.05) is 11.9 Å². The van der Waals surface area contributed by atoms with Crippen LogP contribution in [0.25, 0.3) is 0 Å². The highest BCUT2D eigenvalue weighted by atomic mass is 19.1. The van der Waals surface area contributed by atoms with E-state index in [0.29, 0.717) is 5.69 Å². The van der Waals surface area contributed by atoms with Gasteiger partial charge in [-0.25, -0.2) is 4.39 Å². The molecule has 1 rings (SSSR count). The first-order valence-corrected chi connectivity index (χ1v) is 4.65. The molecule has 0 aliphatic rings. The zero-order valence-electron chi connectivity index (χ0n) is 9.12. The van der Waals surface area contributed by atoms with Crippen LogP contribution in [0.4, 0.5) is 10.1 Å². The van der Waals surface area contributed by atoms with Crippen molar-refractivity contribution in [2.24, 2.45) is 5.73 Å². The second-order valence-electron chi connectivity index (χ2n) is 4.06. The summed E-state index contributed by atoms with van der Waals surface area (Å²) in [5.74, 6) is -0.541. The molecule has 0 aromatic heterocycles. The Kier molecular flexibility index (Phi) is 3.09. The number of nitrogens with zero attached hydrogens (tertiary/aromatic N) is 1. The quantitative estimate of drug-likeness (QED) is 0.804. The summed E-state index contributed by atoms with van der Waals surface area (Å²) in [6.45, 7) is 3.27. The summed E-state index contributed by atoms with van der Waals surface area (Å²) < 4.78 is 12.7. The lowest BCUT2D eigenvalue weighted by Crippen LogP contribution is -2.49. The molecule has 0 unspecified atom stereocenters. The van der Waals surface area contributed by atoms with Gasteiger partial charge in [-0.2, -0.15) is 0 Å². The molecular formula is C11H15FN2O. The highest BCUT2D eigenvalue weighted by molar-refractivity contribution is 5.98. The Morgan fingerprint density at radius 3 is 2.20 bits per heavy atom. The van der Waals surface area contributed by atoms with Gasteiger partial charge in [-0.05, 0) is 38.1 Å². The molecule has 0 spiro atoms. The summed E-state index contributed by atoms with van der Waals surface area (Å²) in [6.07, 6.45) is 0. The van der Waals surface area contributed by atoms with E-state index in [2.05, 4.69) is 0 Å². The van der Waals surface area contributed by atoms with E-state index in [4.69, 9.17) is 5.73 Å². The van der Waals surface area contributed by atoms with Gasteiger partial charge in [0.05, 0.1) is 5.54 Å². The van der Waals surface area contributed by atoms with Crippen LogP contribution in [-0.2, 0) is 4.79 Å². The average molecular weight is 210 g/mol. The molecule has 15 heavy (non-hydrogen) atoms. The lowest BCUT2D eigenvalue weighted by molar-refractivity contribution is -0.122. The van der Waals surface area contributed by atoms with Crippen LogP contribution < -0.4 is 10.6 Å². The van der Waals surface area contributed by atoms with Crippen molar-refractivity contribution in [1.82, 2.24) is 0 Å². The predicted octanol–water partition coefficient (Wildman–Crippen LogP) is 1.53. The van der Waals surface area contributed by atoms with E-state index in [1.807, 2.05) is 0 Å². The van der Waals surface area contributed by atoms with E-state index < -0.39 is 5.54 Å². The number of hydrogen-bond acceptors (Lipinski definition) is 2. The van der Waals surface area contributed by atoms with Crippen LogP contribution in [0.15, 0.2) is 24.3 Å². The Morgan fingerprint density at radius 1 is 1.33 bits per heavy atom. The molecule has 4 heteroatoms. The van der Waals surface area contributed by atoms with Gasteiger partial charge in [-0.3, -0.25) is 4.79 Å². The van der Waals surface area contributed by atoms with Crippen LogP contribution in [0.2, 0.25) is 0 Å². The van der Waals surface area contributed by atoms with Crippen LogP contribution in [-0.4, -0.2) is 18.5 Å². The Labute approximate surface area is 88.7 Å². The minimum absolute atomic E-state index is 0.214. The molecule has 0 aliphatic heterocycles. The van der Waals surface area contributed by atoms with Crippen molar-refractivity contribution >= 4 is 11.6 Å². The molecule has 0 fully saturated rings. The Morgan fingerprint density at radius 2 is 1.80 bits per heavy atom. The fraction of sp³-hybridized carbons (Fsp3) is 0.364. The third-order valence-corrected chi connectivity index (χ3v) is 2.07. The van der Waals surface area contributed by atoms with Crippen molar-refractivity contribution < 1.29 is 9.18 Å². The molecular weight excluding hydrogens is 195 g/mol. The number of carbonyl (C=O) groups is 1. The fourth-order valence-electron chi connectivity index (χ4n) is 1.21. The van der Waals surface area contributed by atoms with Crippen molar-refractivity contribution in [1.29, 1.82) is 0 Å². The van der Waals surface area contributed by atoms with E-state index in [-0.39, 0.29) is 11.7 Å². The van der Waals surface area contributed by atoms with Crippen LogP contribution in [0.1, 0.15) is 13.8 Å². The molecule has 82 valence electrons. The summed E-state index contributed by atoms with van der Waals surface area (Å²) in [5, 5.41) is 0. The molecule has 1 amide bonds. The summed E-state index contributed by atoms with van der Waals surface area (Å²) in [7, 11) is 1.62. The smallest absolute Gasteiger partial charge is 0.246 e. The molecule has 3 nitrogen and oxygen atoms in total. The van der Waals surface area contributed by atoms with E-state index in [0.717, 1.165) is 0 Å². The number of amides is 1. The van der Waals surface area contributed by atoms with E-state index in [1.165, 1.54) is 17.0 Å². The Hall–Kier alpha value is -1.42. The number of likely N-dealkylation sites (N-methyl/N-ethyl adjacent to an activating group) is 1. The maximum absolute atomic E-state index is 12.7. The third-order valence-electron chi connectivity index (χ3n) is 2.07. The van der Waals surface area contributed by atoms with Gasteiger partial charge in [-0.1, -0.05) is 0 Å². The topological polar surface area (TPSA) is 46.3 Å². The molecule has 0 heterocycles. The SMILES string of the molecule is CN(C(=O)C(C)(C)N)c1ccc(F)cc1. The van der Waals surface area contributed by atoms with Gasteiger partial charge in [-0.15, -0.1) is 0 Å². The molecule has 1 aromatic carbocycles. The number of halogens is 1. The van der Waals surface area contributed by atoms with Crippen LogP contribution >= 0.6 is 0 Å². The molecule has 0 radical (unpaired) electrons. The van der Waals surface area contributed by atoms with Gasteiger partial charge in [0, 0.05) is 12.7 Å². The molecule has 0 atom stereocenters. The minimum Gasteiger partial charge on any atom is -0.318 e. The standard InChI is InChI=1S/C11H15FN2O/c1-11(2,13)10(15)14(3)9-6-4-8(12)5-7-9/h4-7H,13H2,1-3H3. The number of carbonyl (C=O) groups excluding carboxylic acids is 1. The van der Waals surface area contributed by atoms with Crippen LogP contribution in [0.5, 0.6) is 0 Å². The first-order chi connectivity index (χ1) is 6.82. The van der Waals surface area contributed by atoms with Gasteiger partial charge in [0.25, 0.3) is 0 Å². The maximum Gasteiger partial charge on any atom is 0.246 e. The second-order valence-corrected chi connectivity index (χ2v) is 4.06. The summed E-state index contributed by atoms with van der Waals surface area (Å²) in [6, 6.07) is 5.70. The predicted molar refractivity (Wildman–Crippen MR) is 58.1 cm³/mol. The normalized spacial score (nSPS) is 11.3. The van der Waals surface area contributed by atoms with E-state index >= 15 is 0 Å². The van der Waals surface area contributed by atoms with Crippen molar-refractivity contribution in [3.05, 3.63) is 30.1 Å². The average Bonchev–Trinajstić information content (AvgIpc) is 2.15. The highest BCUT2D eigenvalue weighted by Crippen LogP contribution is 2.16. The van der Waals surface area contributed by atoms with Gasteiger partial charge < -0.3 is 10.6 Å². The molecule has 0 saturated carbocycles. The summed E-state index contributed by atoms with van der Waals surface area (Å²) in [4.78, 5) is 13.2.